The van der Waals surface area contributed by atoms with Gasteiger partial charge < -0.3 is 15.0 Å². The third-order valence-electron chi connectivity index (χ3n) is 4.29. The van der Waals surface area contributed by atoms with E-state index in [0.717, 1.165) is 19.3 Å². The van der Waals surface area contributed by atoms with Crippen LogP contribution in [0.15, 0.2) is 24.3 Å². The maximum Gasteiger partial charge on any atom is 0.243 e. The average molecular weight is 306 g/mol. The molecule has 2 heterocycles. The van der Waals surface area contributed by atoms with Gasteiger partial charge in [-0.1, -0.05) is 6.07 Å². The van der Waals surface area contributed by atoms with E-state index < -0.39 is 5.82 Å². The highest BCUT2D eigenvalue weighted by molar-refractivity contribution is 5.94. The van der Waals surface area contributed by atoms with E-state index in [9.17, 15) is 14.0 Å². The molecule has 0 aromatic heterocycles. The van der Waals surface area contributed by atoms with Crippen molar-refractivity contribution >= 4 is 17.5 Å². The van der Waals surface area contributed by atoms with Gasteiger partial charge in [0.2, 0.25) is 11.8 Å². The molecule has 1 N–H and O–H groups in total. The SMILES string of the molecule is CN(CC(=O)Nc1cccc(F)c1)C(=O)C1CC2CCC1O2. The standard InChI is InChI=1S/C16H19FN2O3/c1-19(16(21)13-8-12-5-6-14(13)22-12)9-15(20)18-11-4-2-3-10(17)7-11/h2-4,7,12-14H,5-6,8-9H2,1H3,(H,18,20). The smallest absolute Gasteiger partial charge is 0.243 e. The number of anilines is 1. The highest BCUT2D eigenvalue weighted by Gasteiger charge is 2.45. The van der Waals surface area contributed by atoms with E-state index in [0.29, 0.717) is 5.69 Å². The van der Waals surface area contributed by atoms with Crippen molar-refractivity contribution < 1.29 is 18.7 Å². The molecule has 0 saturated carbocycles. The van der Waals surface area contributed by atoms with Gasteiger partial charge in [-0.3, -0.25) is 9.59 Å². The van der Waals surface area contributed by atoms with E-state index >= 15 is 0 Å². The van der Waals surface area contributed by atoms with Crippen LogP contribution in [0.1, 0.15) is 19.3 Å². The number of benzene rings is 1. The molecule has 3 atom stereocenters. The molecule has 22 heavy (non-hydrogen) atoms. The number of nitrogens with one attached hydrogen (secondary N) is 1. The minimum Gasteiger partial charge on any atom is -0.374 e. The molecule has 2 fully saturated rings. The first-order valence-corrected chi connectivity index (χ1v) is 7.49. The zero-order valence-electron chi connectivity index (χ0n) is 12.4. The van der Waals surface area contributed by atoms with Gasteiger partial charge in [0, 0.05) is 12.7 Å². The van der Waals surface area contributed by atoms with Crippen LogP contribution in [0, 0.1) is 11.7 Å². The summed E-state index contributed by atoms with van der Waals surface area (Å²) in [6.45, 7) is -0.0523. The predicted molar refractivity (Wildman–Crippen MR) is 78.7 cm³/mol. The summed E-state index contributed by atoms with van der Waals surface area (Å²) >= 11 is 0. The monoisotopic (exact) mass is 306 g/mol. The second-order valence-electron chi connectivity index (χ2n) is 5.97. The van der Waals surface area contributed by atoms with Crippen LogP contribution in [0.5, 0.6) is 0 Å². The number of amides is 2. The van der Waals surface area contributed by atoms with Crippen LogP contribution in [0.4, 0.5) is 10.1 Å². The molecular weight excluding hydrogens is 287 g/mol. The Hall–Kier alpha value is -1.95. The van der Waals surface area contributed by atoms with Crippen molar-refractivity contribution in [3.05, 3.63) is 30.1 Å². The first kappa shape index (κ1) is 15.0. The molecule has 3 unspecified atom stereocenters. The fourth-order valence-corrected chi connectivity index (χ4v) is 3.24. The quantitative estimate of drug-likeness (QED) is 0.922. The fraction of sp³-hybridized carbons (Fsp3) is 0.500. The Morgan fingerprint density at radius 1 is 1.41 bits per heavy atom. The number of hydrogen-bond donors (Lipinski definition) is 1. The Balaban J connectivity index is 1.53. The van der Waals surface area contributed by atoms with Gasteiger partial charge in [-0.2, -0.15) is 0 Å². The van der Waals surface area contributed by atoms with Gasteiger partial charge in [0.05, 0.1) is 24.7 Å². The number of ether oxygens (including phenoxy) is 1. The van der Waals surface area contributed by atoms with Crippen molar-refractivity contribution in [3.8, 4) is 0 Å². The van der Waals surface area contributed by atoms with Gasteiger partial charge in [0.15, 0.2) is 0 Å². The molecule has 0 radical (unpaired) electrons. The van der Waals surface area contributed by atoms with Gasteiger partial charge in [-0.05, 0) is 37.5 Å². The Labute approximate surface area is 128 Å². The van der Waals surface area contributed by atoms with E-state index in [1.165, 1.54) is 23.1 Å². The van der Waals surface area contributed by atoms with Gasteiger partial charge in [-0.15, -0.1) is 0 Å². The second kappa shape index (κ2) is 6.04. The predicted octanol–water partition coefficient (Wildman–Crippen LogP) is 1.79. The minimum absolute atomic E-state index is 0.00577. The van der Waals surface area contributed by atoms with Crippen molar-refractivity contribution in [1.29, 1.82) is 0 Å². The summed E-state index contributed by atoms with van der Waals surface area (Å²) in [4.78, 5) is 25.8. The van der Waals surface area contributed by atoms with E-state index in [1.54, 1.807) is 13.1 Å². The number of halogens is 1. The summed E-state index contributed by atoms with van der Waals surface area (Å²) in [6.07, 6.45) is 2.90. The van der Waals surface area contributed by atoms with Crippen LogP contribution in [0.25, 0.3) is 0 Å². The van der Waals surface area contributed by atoms with Crippen LogP contribution < -0.4 is 5.32 Å². The maximum atomic E-state index is 13.1. The molecular formula is C16H19FN2O3. The third-order valence-corrected chi connectivity index (χ3v) is 4.29. The van der Waals surface area contributed by atoms with Gasteiger partial charge in [0.25, 0.3) is 0 Å². The van der Waals surface area contributed by atoms with E-state index in [1.807, 2.05) is 0 Å². The molecule has 2 amide bonds. The Morgan fingerprint density at radius 3 is 2.86 bits per heavy atom. The molecule has 1 aromatic rings. The highest BCUT2D eigenvalue weighted by atomic mass is 19.1. The topological polar surface area (TPSA) is 58.6 Å². The Kier molecular flexibility index (Phi) is 4.11. The molecule has 0 spiro atoms. The van der Waals surface area contributed by atoms with Crippen LogP contribution >= 0.6 is 0 Å². The number of fused-ring (bicyclic) bond motifs is 2. The largest absolute Gasteiger partial charge is 0.374 e. The van der Waals surface area contributed by atoms with Gasteiger partial charge in [-0.25, -0.2) is 4.39 Å². The van der Waals surface area contributed by atoms with Crippen molar-refractivity contribution in [2.24, 2.45) is 5.92 Å². The molecule has 5 nitrogen and oxygen atoms in total. The molecule has 2 aliphatic rings. The number of likely N-dealkylation sites (N-methyl/N-ethyl adjacent to an activating group) is 1. The van der Waals surface area contributed by atoms with Crippen LogP contribution in [0.3, 0.4) is 0 Å². The lowest BCUT2D eigenvalue weighted by Crippen LogP contribution is -2.41. The van der Waals surface area contributed by atoms with Crippen molar-refractivity contribution in [3.63, 3.8) is 0 Å². The summed E-state index contributed by atoms with van der Waals surface area (Å²) in [5, 5.41) is 2.59. The second-order valence-corrected chi connectivity index (χ2v) is 5.97. The summed E-state index contributed by atoms with van der Waals surface area (Å²) in [6, 6.07) is 5.67. The summed E-state index contributed by atoms with van der Waals surface area (Å²) in [7, 11) is 1.61. The van der Waals surface area contributed by atoms with Crippen molar-refractivity contribution in [2.45, 2.75) is 31.5 Å². The number of nitrogens with zero attached hydrogens (tertiary/aromatic N) is 1. The van der Waals surface area contributed by atoms with E-state index in [2.05, 4.69) is 5.32 Å². The molecule has 3 rings (SSSR count). The molecule has 1 aromatic carbocycles. The maximum absolute atomic E-state index is 13.1. The molecule has 2 saturated heterocycles. The fourth-order valence-electron chi connectivity index (χ4n) is 3.24. The minimum atomic E-state index is -0.415. The summed E-state index contributed by atoms with van der Waals surface area (Å²) in [5.41, 5.74) is 0.383. The molecule has 6 heteroatoms. The zero-order chi connectivity index (χ0) is 15.7. The number of hydrogen-bond acceptors (Lipinski definition) is 3. The van der Waals surface area contributed by atoms with Crippen molar-refractivity contribution in [1.82, 2.24) is 4.90 Å². The number of rotatable bonds is 4. The van der Waals surface area contributed by atoms with Crippen molar-refractivity contribution in [2.75, 3.05) is 18.9 Å². The molecule has 0 aliphatic carbocycles. The number of carbonyl (C=O) groups excluding carboxylic acids is 2. The molecule has 2 aliphatic heterocycles. The highest BCUT2D eigenvalue weighted by Crippen LogP contribution is 2.39. The molecule has 118 valence electrons. The Bertz CT molecular complexity index is 593. The van der Waals surface area contributed by atoms with Crippen LogP contribution in [0.2, 0.25) is 0 Å². The summed E-state index contributed by atoms with van der Waals surface area (Å²) < 4.78 is 18.7. The normalized spacial score (nSPS) is 26.0. The van der Waals surface area contributed by atoms with Crippen LogP contribution in [-0.4, -0.2) is 42.5 Å². The Morgan fingerprint density at radius 2 is 2.23 bits per heavy atom. The lowest BCUT2D eigenvalue weighted by atomic mass is 9.88. The van der Waals surface area contributed by atoms with Gasteiger partial charge >= 0.3 is 0 Å². The first-order valence-electron chi connectivity index (χ1n) is 7.49. The lowest BCUT2D eigenvalue weighted by Gasteiger charge is -2.24. The third kappa shape index (κ3) is 3.11. The summed E-state index contributed by atoms with van der Waals surface area (Å²) in [5.74, 6) is -0.945. The number of carbonyl (C=O) groups is 2. The van der Waals surface area contributed by atoms with E-state index in [4.69, 9.17) is 4.74 Å². The zero-order valence-corrected chi connectivity index (χ0v) is 12.4. The van der Waals surface area contributed by atoms with Crippen LogP contribution in [-0.2, 0) is 14.3 Å². The molecule has 2 bridgehead atoms. The first-order chi connectivity index (χ1) is 10.5. The lowest BCUT2D eigenvalue weighted by molar-refractivity contribution is -0.138. The van der Waals surface area contributed by atoms with Gasteiger partial charge in [0.1, 0.15) is 5.82 Å². The van der Waals surface area contributed by atoms with E-state index in [-0.39, 0.29) is 36.5 Å². The average Bonchev–Trinajstić information content (AvgIpc) is 3.08.